The Labute approximate surface area is 103 Å². The van der Waals surface area contributed by atoms with Crippen molar-refractivity contribution in [1.82, 2.24) is 9.97 Å². The Balaban J connectivity index is 1.81. The molecule has 2 aromatic heterocycles. The van der Waals surface area contributed by atoms with E-state index in [4.69, 9.17) is 0 Å². The third kappa shape index (κ3) is 2.26. The highest BCUT2D eigenvalue weighted by molar-refractivity contribution is 7.08. The van der Waals surface area contributed by atoms with Gasteiger partial charge in [0.05, 0.1) is 29.5 Å². The fourth-order valence-electron chi connectivity index (χ4n) is 1.64. The number of para-hydroxylation sites is 2. The summed E-state index contributed by atoms with van der Waals surface area (Å²) in [6.07, 6.45) is 1.82. The summed E-state index contributed by atoms with van der Waals surface area (Å²) < 4.78 is 0. The molecule has 0 aliphatic rings. The number of hydrogen-bond donors (Lipinski definition) is 1. The molecule has 0 aliphatic heterocycles. The Morgan fingerprint density at radius 1 is 1.12 bits per heavy atom. The highest BCUT2D eigenvalue weighted by Gasteiger charge is 1.99. The molecule has 17 heavy (non-hydrogen) atoms. The number of nitrogens with one attached hydrogen (secondary N) is 1. The number of aromatic nitrogens is 2. The molecule has 0 unspecified atom stereocenters. The monoisotopic (exact) mass is 241 g/mol. The Hall–Kier alpha value is -1.94. The Bertz CT molecular complexity index is 619. The summed E-state index contributed by atoms with van der Waals surface area (Å²) >= 11 is 1.68. The fraction of sp³-hybridized carbons (Fsp3) is 0.0769. The van der Waals surface area contributed by atoms with Gasteiger partial charge in [-0.1, -0.05) is 12.1 Å². The second-order valence-corrected chi connectivity index (χ2v) is 4.50. The highest BCUT2D eigenvalue weighted by Crippen LogP contribution is 2.13. The average Bonchev–Trinajstić information content (AvgIpc) is 2.89. The second kappa shape index (κ2) is 4.51. The first-order chi connectivity index (χ1) is 8.42. The normalized spacial score (nSPS) is 10.6. The van der Waals surface area contributed by atoms with Crippen molar-refractivity contribution < 1.29 is 0 Å². The number of anilines is 1. The third-order valence-corrected chi connectivity index (χ3v) is 3.18. The van der Waals surface area contributed by atoms with E-state index in [-0.39, 0.29) is 0 Å². The topological polar surface area (TPSA) is 37.8 Å². The van der Waals surface area contributed by atoms with Gasteiger partial charge in [-0.05, 0) is 23.6 Å². The summed E-state index contributed by atoms with van der Waals surface area (Å²) in [4.78, 5) is 8.93. The van der Waals surface area contributed by atoms with Crippen LogP contribution < -0.4 is 5.32 Å². The molecule has 0 aliphatic carbocycles. The molecule has 1 aromatic carbocycles. The summed E-state index contributed by atoms with van der Waals surface area (Å²) in [5, 5.41) is 7.44. The quantitative estimate of drug-likeness (QED) is 0.764. The molecule has 0 fully saturated rings. The van der Waals surface area contributed by atoms with Gasteiger partial charge in [0, 0.05) is 11.1 Å². The minimum Gasteiger partial charge on any atom is -0.379 e. The molecule has 0 saturated carbocycles. The lowest BCUT2D eigenvalue weighted by atomic mass is 10.3. The van der Waals surface area contributed by atoms with Crippen molar-refractivity contribution in [3.05, 3.63) is 53.0 Å². The summed E-state index contributed by atoms with van der Waals surface area (Å²) in [7, 11) is 0. The summed E-state index contributed by atoms with van der Waals surface area (Å²) in [5.41, 5.74) is 3.96. The molecule has 0 saturated heterocycles. The van der Waals surface area contributed by atoms with Gasteiger partial charge in [0.15, 0.2) is 0 Å². The maximum Gasteiger partial charge on any atom is 0.0890 e. The van der Waals surface area contributed by atoms with Crippen LogP contribution in [0.1, 0.15) is 5.69 Å². The number of rotatable bonds is 3. The Morgan fingerprint density at radius 2 is 2.00 bits per heavy atom. The smallest absolute Gasteiger partial charge is 0.0890 e. The van der Waals surface area contributed by atoms with E-state index in [2.05, 4.69) is 32.1 Å². The number of benzene rings is 1. The first-order valence-corrected chi connectivity index (χ1v) is 6.33. The van der Waals surface area contributed by atoms with Gasteiger partial charge in [-0.15, -0.1) is 0 Å². The van der Waals surface area contributed by atoms with Gasteiger partial charge in [-0.25, -0.2) is 4.98 Å². The fourth-order valence-corrected chi connectivity index (χ4v) is 2.25. The van der Waals surface area contributed by atoms with Crippen molar-refractivity contribution in [2.75, 3.05) is 5.32 Å². The SMILES string of the molecule is c1ccc2nc(CNc3ccsc3)cnc2c1. The molecule has 1 N–H and O–H groups in total. The zero-order valence-electron chi connectivity index (χ0n) is 9.13. The van der Waals surface area contributed by atoms with E-state index >= 15 is 0 Å². The van der Waals surface area contributed by atoms with E-state index < -0.39 is 0 Å². The van der Waals surface area contributed by atoms with Crippen molar-refractivity contribution in [3.8, 4) is 0 Å². The van der Waals surface area contributed by atoms with Crippen LogP contribution >= 0.6 is 11.3 Å². The average molecular weight is 241 g/mol. The van der Waals surface area contributed by atoms with E-state index in [0.717, 1.165) is 22.4 Å². The molecule has 4 heteroatoms. The molecule has 84 valence electrons. The van der Waals surface area contributed by atoms with E-state index in [1.54, 1.807) is 11.3 Å². The van der Waals surface area contributed by atoms with Crippen molar-refractivity contribution in [2.45, 2.75) is 6.54 Å². The summed E-state index contributed by atoms with van der Waals surface area (Å²) in [5.74, 6) is 0. The third-order valence-electron chi connectivity index (χ3n) is 2.49. The largest absolute Gasteiger partial charge is 0.379 e. The number of hydrogen-bond acceptors (Lipinski definition) is 4. The standard InChI is InChI=1S/C13H11N3S/c1-2-4-13-12(3-1)15-8-11(16-13)7-14-10-5-6-17-9-10/h1-6,8-9,14H,7H2. The van der Waals surface area contributed by atoms with Crippen LogP contribution in [0.25, 0.3) is 11.0 Å². The van der Waals surface area contributed by atoms with Crippen LogP contribution in [0.15, 0.2) is 47.3 Å². The van der Waals surface area contributed by atoms with Gasteiger partial charge in [0.1, 0.15) is 0 Å². The van der Waals surface area contributed by atoms with Gasteiger partial charge in [-0.3, -0.25) is 4.98 Å². The molecule has 0 amide bonds. The maximum absolute atomic E-state index is 4.55. The first kappa shape index (κ1) is 10.2. The molecule has 0 radical (unpaired) electrons. The summed E-state index contributed by atoms with van der Waals surface area (Å²) in [6, 6.07) is 9.96. The predicted octanol–water partition coefficient (Wildman–Crippen LogP) is 3.30. The highest BCUT2D eigenvalue weighted by atomic mass is 32.1. The Morgan fingerprint density at radius 3 is 2.82 bits per heavy atom. The van der Waals surface area contributed by atoms with Crippen LogP contribution in [0.5, 0.6) is 0 Å². The molecule has 0 bridgehead atoms. The first-order valence-electron chi connectivity index (χ1n) is 5.38. The summed E-state index contributed by atoms with van der Waals surface area (Å²) in [6.45, 7) is 0.703. The molecular weight excluding hydrogens is 230 g/mol. The van der Waals surface area contributed by atoms with Crippen molar-refractivity contribution in [1.29, 1.82) is 0 Å². The zero-order valence-corrected chi connectivity index (χ0v) is 9.95. The van der Waals surface area contributed by atoms with Gasteiger partial charge in [0.25, 0.3) is 0 Å². The van der Waals surface area contributed by atoms with E-state index in [1.807, 2.05) is 30.5 Å². The van der Waals surface area contributed by atoms with Gasteiger partial charge in [-0.2, -0.15) is 11.3 Å². The van der Waals surface area contributed by atoms with Crippen LogP contribution in [0.3, 0.4) is 0 Å². The van der Waals surface area contributed by atoms with Crippen LogP contribution in [0, 0.1) is 0 Å². The predicted molar refractivity (Wildman–Crippen MR) is 71.2 cm³/mol. The van der Waals surface area contributed by atoms with Gasteiger partial charge < -0.3 is 5.32 Å². The number of nitrogens with zero attached hydrogens (tertiary/aromatic N) is 2. The van der Waals surface area contributed by atoms with Crippen molar-refractivity contribution >= 4 is 28.1 Å². The van der Waals surface area contributed by atoms with Crippen LogP contribution in [-0.4, -0.2) is 9.97 Å². The molecule has 0 spiro atoms. The van der Waals surface area contributed by atoms with Crippen LogP contribution in [0.2, 0.25) is 0 Å². The molecule has 3 nitrogen and oxygen atoms in total. The molecule has 3 rings (SSSR count). The van der Waals surface area contributed by atoms with Gasteiger partial charge >= 0.3 is 0 Å². The molecular formula is C13H11N3S. The van der Waals surface area contributed by atoms with Crippen molar-refractivity contribution in [2.24, 2.45) is 0 Å². The second-order valence-electron chi connectivity index (χ2n) is 3.72. The minimum absolute atomic E-state index is 0.703. The number of fused-ring (bicyclic) bond motifs is 1. The van der Waals surface area contributed by atoms with Crippen molar-refractivity contribution in [3.63, 3.8) is 0 Å². The lowest BCUT2D eigenvalue weighted by molar-refractivity contribution is 1.04. The molecule has 3 aromatic rings. The van der Waals surface area contributed by atoms with Crippen LogP contribution in [-0.2, 0) is 6.54 Å². The molecule has 0 atom stereocenters. The minimum atomic E-state index is 0.703. The van der Waals surface area contributed by atoms with Gasteiger partial charge in [0.2, 0.25) is 0 Å². The zero-order chi connectivity index (χ0) is 11.5. The van der Waals surface area contributed by atoms with E-state index in [1.165, 1.54) is 0 Å². The van der Waals surface area contributed by atoms with E-state index in [0.29, 0.717) is 6.54 Å². The Kier molecular flexibility index (Phi) is 2.71. The van der Waals surface area contributed by atoms with Crippen LogP contribution in [0.4, 0.5) is 5.69 Å². The maximum atomic E-state index is 4.55. The lowest BCUT2D eigenvalue weighted by Gasteiger charge is -2.04. The van der Waals surface area contributed by atoms with E-state index in [9.17, 15) is 0 Å². The molecule has 2 heterocycles. The number of thiophene rings is 1. The lowest BCUT2D eigenvalue weighted by Crippen LogP contribution is -2.01.